The van der Waals surface area contributed by atoms with Crippen LogP contribution >= 0.6 is 11.6 Å². The van der Waals surface area contributed by atoms with Crippen LogP contribution in [0.3, 0.4) is 0 Å². The van der Waals surface area contributed by atoms with E-state index in [1.807, 2.05) is 0 Å². The maximum atomic E-state index is 11.9. The fourth-order valence-corrected chi connectivity index (χ4v) is 2.32. The third-order valence-corrected chi connectivity index (χ3v) is 3.72. The summed E-state index contributed by atoms with van der Waals surface area (Å²) in [5.41, 5.74) is -0.562. The summed E-state index contributed by atoms with van der Waals surface area (Å²) in [6.07, 6.45) is 0.0499. The molecule has 1 heterocycles. The van der Waals surface area contributed by atoms with E-state index in [2.05, 4.69) is 0 Å². The average molecular weight is 300 g/mol. The number of hydrogen-bond acceptors (Lipinski definition) is 5. The highest BCUT2D eigenvalue weighted by atomic mass is 35.5. The number of hydrogen-bond donors (Lipinski definition) is 0. The number of carbonyl (C=O) groups is 1. The van der Waals surface area contributed by atoms with Gasteiger partial charge >= 0.3 is 5.97 Å². The van der Waals surface area contributed by atoms with Crippen LogP contribution in [-0.2, 0) is 14.3 Å². The third kappa shape index (κ3) is 2.76. The number of esters is 1. The maximum absolute atomic E-state index is 11.9. The van der Waals surface area contributed by atoms with Crippen molar-refractivity contribution in [2.75, 3.05) is 20.3 Å². The molecule has 2 rings (SSSR count). The summed E-state index contributed by atoms with van der Waals surface area (Å²) >= 11 is 5.81. The summed E-state index contributed by atoms with van der Waals surface area (Å²) in [4.78, 5) is 22.7. The van der Waals surface area contributed by atoms with Crippen LogP contribution in [0.15, 0.2) is 24.3 Å². The van der Waals surface area contributed by atoms with Crippen molar-refractivity contribution in [3.63, 3.8) is 0 Å². The molecule has 1 unspecified atom stereocenters. The number of carbonyl (C=O) groups excluding carboxylic acids is 1. The molecule has 0 radical (unpaired) electrons. The summed E-state index contributed by atoms with van der Waals surface area (Å²) in [7, 11) is 1.27. The molecule has 0 amide bonds. The SMILES string of the molecule is COC(=O)C(CC1([N+](=O)[O-])COC1)c1ccc(Cl)cc1. The molecule has 1 atom stereocenters. The van der Waals surface area contributed by atoms with Crippen molar-refractivity contribution in [2.24, 2.45) is 0 Å². The molecule has 1 aromatic carbocycles. The first-order valence-electron chi connectivity index (χ1n) is 6.04. The number of halogens is 1. The molecular formula is C13H14ClNO5. The van der Waals surface area contributed by atoms with Crippen molar-refractivity contribution in [1.29, 1.82) is 0 Å². The molecule has 7 heteroatoms. The summed E-state index contributed by atoms with van der Waals surface area (Å²) < 4.78 is 9.71. The zero-order valence-corrected chi connectivity index (χ0v) is 11.6. The molecule has 0 aromatic heterocycles. The summed E-state index contributed by atoms with van der Waals surface area (Å²) in [5.74, 6) is -1.20. The van der Waals surface area contributed by atoms with E-state index in [0.717, 1.165) is 0 Å². The number of benzene rings is 1. The Labute approximate surface area is 120 Å². The Kier molecular flexibility index (Phi) is 4.25. The first-order chi connectivity index (χ1) is 9.48. The number of ether oxygens (including phenoxy) is 2. The Balaban J connectivity index is 2.26. The van der Waals surface area contributed by atoms with Crippen LogP contribution in [0.1, 0.15) is 17.9 Å². The molecule has 1 aromatic rings. The number of nitro groups is 1. The van der Waals surface area contributed by atoms with Gasteiger partial charge in [0.15, 0.2) is 0 Å². The van der Waals surface area contributed by atoms with Crippen LogP contribution in [0.25, 0.3) is 0 Å². The highest BCUT2D eigenvalue weighted by molar-refractivity contribution is 6.30. The van der Waals surface area contributed by atoms with Crippen molar-refractivity contribution in [3.05, 3.63) is 45.0 Å². The fourth-order valence-electron chi connectivity index (χ4n) is 2.19. The van der Waals surface area contributed by atoms with Gasteiger partial charge in [0.1, 0.15) is 13.2 Å². The molecule has 0 N–H and O–H groups in total. The molecule has 108 valence electrons. The largest absolute Gasteiger partial charge is 0.469 e. The van der Waals surface area contributed by atoms with Gasteiger partial charge in [0, 0.05) is 16.4 Å². The van der Waals surface area contributed by atoms with Crippen molar-refractivity contribution in [1.82, 2.24) is 0 Å². The van der Waals surface area contributed by atoms with Gasteiger partial charge in [0.2, 0.25) is 0 Å². The van der Waals surface area contributed by atoms with Gasteiger partial charge in [0.05, 0.1) is 13.0 Å². The Morgan fingerprint density at radius 2 is 2.10 bits per heavy atom. The molecule has 0 bridgehead atoms. The number of rotatable bonds is 5. The lowest BCUT2D eigenvalue weighted by Crippen LogP contribution is -2.57. The molecule has 1 aliphatic rings. The van der Waals surface area contributed by atoms with Crippen LogP contribution in [0.2, 0.25) is 5.02 Å². The predicted octanol–water partition coefficient (Wildman–Crippen LogP) is 2.03. The lowest BCUT2D eigenvalue weighted by molar-refractivity contribution is -0.604. The standard InChI is InChI=1S/C13H14ClNO5/c1-19-12(16)11(9-2-4-10(14)5-3-9)6-13(15(17)18)7-20-8-13/h2-5,11H,6-8H2,1H3. The minimum Gasteiger partial charge on any atom is -0.469 e. The van der Waals surface area contributed by atoms with Gasteiger partial charge in [0.25, 0.3) is 5.54 Å². The summed E-state index contributed by atoms with van der Waals surface area (Å²) in [6, 6.07) is 6.64. The van der Waals surface area contributed by atoms with E-state index in [9.17, 15) is 14.9 Å². The number of nitrogens with zero attached hydrogens (tertiary/aromatic N) is 1. The van der Waals surface area contributed by atoms with Gasteiger partial charge in [-0.3, -0.25) is 14.9 Å². The maximum Gasteiger partial charge on any atom is 0.313 e. The van der Waals surface area contributed by atoms with Crippen LogP contribution in [0.5, 0.6) is 0 Å². The van der Waals surface area contributed by atoms with Crippen LogP contribution in [0, 0.1) is 10.1 Å². The van der Waals surface area contributed by atoms with Crippen molar-refractivity contribution in [2.45, 2.75) is 17.9 Å². The zero-order chi connectivity index (χ0) is 14.8. The van der Waals surface area contributed by atoms with Gasteiger partial charge in [-0.1, -0.05) is 23.7 Å². The third-order valence-electron chi connectivity index (χ3n) is 3.47. The fraction of sp³-hybridized carbons (Fsp3) is 0.462. The minimum absolute atomic E-state index is 0.0150. The van der Waals surface area contributed by atoms with Crippen LogP contribution < -0.4 is 0 Å². The Morgan fingerprint density at radius 1 is 1.50 bits per heavy atom. The lowest BCUT2D eigenvalue weighted by atomic mass is 9.82. The second kappa shape index (κ2) is 5.76. The predicted molar refractivity (Wildman–Crippen MR) is 71.4 cm³/mol. The van der Waals surface area contributed by atoms with E-state index in [1.165, 1.54) is 7.11 Å². The smallest absolute Gasteiger partial charge is 0.313 e. The van der Waals surface area contributed by atoms with Crippen LogP contribution in [-0.4, -0.2) is 36.8 Å². The molecular weight excluding hydrogens is 286 g/mol. The molecule has 1 aliphatic heterocycles. The van der Waals surface area contributed by atoms with Crippen molar-refractivity contribution in [3.8, 4) is 0 Å². The molecule has 6 nitrogen and oxygen atoms in total. The zero-order valence-electron chi connectivity index (χ0n) is 10.9. The van der Waals surface area contributed by atoms with Gasteiger partial charge in [-0.05, 0) is 17.7 Å². The van der Waals surface area contributed by atoms with E-state index in [0.29, 0.717) is 10.6 Å². The summed E-state index contributed by atoms with van der Waals surface area (Å²) in [5, 5.41) is 11.7. The molecule has 0 saturated carbocycles. The van der Waals surface area contributed by atoms with Gasteiger partial charge in [-0.15, -0.1) is 0 Å². The molecule has 0 aliphatic carbocycles. The van der Waals surface area contributed by atoms with E-state index in [4.69, 9.17) is 21.1 Å². The second-order valence-electron chi connectivity index (χ2n) is 4.81. The lowest BCUT2D eigenvalue weighted by Gasteiger charge is -2.34. The Hall–Kier alpha value is -1.66. The van der Waals surface area contributed by atoms with E-state index >= 15 is 0 Å². The molecule has 1 saturated heterocycles. The first-order valence-corrected chi connectivity index (χ1v) is 6.42. The van der Waals surface area contributed by atoms with E-state index in [-0.39, 0.29) is 24.6 Å². The topological polar surface area (TPSA) is 78.7 Å². The normalized spacial score (nSPS) is 17.9. The first kappa shape index (κ1) is 14.7. The van der Waals surface area contributed by atoms with E-state index < -0.39 is 17.4 Å². The quantitative estimate of drug-likeness (QED) is 0.472. The highest BCUT2D eigenvalue weighted by Gasteiger charge is 2.53. The van der Waals surface area contributed by atoms with Gasteiger partial charge in [-0.2, -0.15) is 0 Å². The molecule has 0 spiro atoms. The second-order valence-corrected chi connectivity index (χ2v) is 5.24. The molecule has 20 heavy (non-hydrogen) atoms. The van der Waals surface area contributed by atoms with Crippen molar-refractivity contribution >= 4 is 17.6 Å². The van der Waals surface area contributed by atoms with E-state index in [1.54, 1.807) is 24.3 Å². The van der Waals surface area contributed by atoms with Gasteiger partial charge in [-0.25, -0.2) is 0 Å². The summed E-state index contributed by atoms with van der Waals surface area (Å²) in [6.45, 7) is 0.0299. The van der Waals surface area contributed by atoms with Crippen molar-refractivity contribution < 1.29 is 19.2 Å². The average Bonchev–Trinajstić information content (AvgIpc) is 2.38. The number of methoxy groups -OCH3 is 1. The Bertz CT molecular complexity index is 512. The van der Waals surface area contributed by atoms with Gasteiger partial charge < -0.3 is 9.47 Å². The monoisotopic (exact) mass is 299 g/mol. The molecule has 1 fully saturated rings. The Morgan fingerprint density at radius 3 is 2.50 bits per heavy atom. The minimum atomic E-state index is -1.21. The van der Waals surface area contributed by atoms with Crippen LogP contribution in [0.4, 0.5) is 0 Å². The highest BCUT2D eigenvalue weighted by Crippen LogP contribution is 2.34.